The lowest BCUT2D eigenvalue weighted by atomic mass is 10.5. The van der Waals surface area contributed by atoms with Crippen LogP contribution in [-0.4, -0.2) is 49.8 Å². The lowest BCUT2D eigenvalue weighted by Crippen LogP contribution is -1.80. The molecule has 5 aromatic rings. The van der Waals surface area contributed by atoms with Crippen molar-refractivity contribution in [2.24, 2.45) is 0 Å². The highest BCUT2D eigenvalue weighted by Crippen LogP contribution is 1.93. The first-order valence-corrected chi connectivity index (χ1v) is 8.54. The first-order valence-electron chi connectivity index (χ1n) is 8.54. The van der Waals surface area contributed by atoms with Crippen molar-refractivity contribution in [3.8, 4) is 0 Å². The third-order valence-corrected chi connectivity index (χ3v) is 2.71. The van der Waals surface area contributed by atoms with Crippen LogP contribution in [0, 0.1) is 6.92 Å². The van der Waals surface area contributed by atoms with Gasteiger partial charge in [-0.3, -0.25) is 0 Å². The average molecular weight is 382 g/mol. The van der Waals surface area contributed by atoms with Crippen LogP contribution in [0.25, 0.3) is 0 Å². The van der Waals surface area contributed by atoms with Crippen molar-refractivity contribution in [1.82, 2.24) is 49.8 Å². The molecule has 5 rings (SSSR count). The van der Waals surface area contributed by atoms with Gasteiger partial charge < -0.3 is 24.9 Å². The zero-order valence-electron chi connectivity index (χ0n) is 15.9. The Balaban J connectivity index is 0.000000178. The van der Waals surface area contributed by atoms with Gasteiger partial charge in [-0.05, 0) is 6.92 Å². The van der Waals surface area contributed by atoms with E-state index in [-0.39, 0.29) is 0 Å². The summed E-state index contributed by atoms with van der Waals surface area (Å²) in [6.45, 7) is 4.09. The van der Waals surface area contributed by atoms with Crippen molar-refractivity contribution in [2.75, 3.05) is 0 Å². The van der Waals surface area contributed by atoms with Gasteiger partial charge in [0.25, 0.3) is 0 Å². The smallest absolute Gasteiger partial charge is 0.105 e. The van der Waals surface area contributed by atoms with Gasteiger partial charge in [-0.2, -0.15) is 0 Å². The lowest BCUT2D eigenvalue weighted by molar-refractivity contribution is 0.982. The highest BCUT2D eigenvalue weighted by molar-refractivity contribution is 4.97. The topological polar surface area (TPSA) is 143 Å². The van der Waals surface area contributed by atoms with E-state index in [1.54, 1.807) is 74.9 Å². The van der Waals surface area contributed by atoms with Crippen LogP contribution in [0.3, 0.4) is 0 Å². The molecule has 10 heteroatoms. The van der Waals surface area contributed by atoms with Gasteiger partial charge in [-0.25, -0.2) is 24.9 Å². The highest BCUT2D eigenvalue weighted by Gasteiger charge is 1.89. The van der Waals surface area contributed by atoms with Crippen LogP contribution in [0.2, 0.25) is 0 Å². The van der Waals surface area contributed by atoms with Crippen LogP contribution in [0.1, 0.15) is 18.4 Å². The second kappa shape index (κ2) is 16.5. The van der Waals surface area contributed by atoms with Gasteiger partial charge in [0.05, 0.1) is 25.3 Å². The predicted octanol–water partition coefficient (Wildman–Crippen LogP) is 2.92. The number of nitrogens with zero attached hydrogens (tertiary/aromatic N) is 5. The molecule has 0 saturated heterocycles. The molecule has 5 heterocycles. The molecule has 0 amide bonds. The number of imidazole rings is 5. The van der Waals surface area contributed by atoms with Gasteiger partial charge in [0.15, 0.2) is 0 Å². The monoisotopic (exact) mass is 382 g/mol. The third kappa shape index (κ3) is 13.4. The van der Waals surface area contributed by atoms with E-state index in [2.05, 4.69) is 56.8 Å². The standard InChI is InChI=1S/C6H10N2.4C3H4N2/c1-3-6-7-4-5(2)8-6;4*1-2-5-3-4-1/h4H,3H2,1-2H3,(H,7,8);4*1-3H,(H,4,5). The normalized spacial score (nSPS) is 8.50. The van der Waals surface area contributed by atoms with E-state index in [0.29, 0.717) is 0 Å². The molecule has 0 unspecified atom stereocenters. The molecule has 0 atom stereocenters. The Morgan fingerprint density at radius 1 is 0.679 bits per heavy atom. The molecule has 28 heavy (non-hydrogen) atoms. The minimum absolute atomic E-state index is 0.994. The molecule has 0 saturated carbocycles. The molecular weight excluding hydrogens is 356 g/mol. The molecular formula is C18H26N10. The summed E-state index contributed by atoms with van der Waals surface area (Å²) in [6, 6.07) is 0. The number of aromatic nitrogens is 10. The fourth-order valence-electron chi connectivity index (χ4n) is 1.51. The van der Waals surface area contributed by atoms with E-state index in [0.717, 1.165) is 17.9 Å². The molecule has 0 aliphatic heterocycles. The summed E-state index contributed by atoms with van der Waals surface area (Å²) in [5, 5.41) is 0. The summed E-state index contributed by atoms with van der Waals surface area (Å²) in [4.78, 5) is 32.9. The zero-order valence-corrected chi connectivity index (χ0v) is 15.9. The SMILES string of the molecule is CCc1ncc(C)[nH]1.c1c[nH]cn1.c1c[nH]cn1.c1c[nH]cn1.c1c[nH]cn1. The summed E-state index contributed by atoms with van der Waals surface area (Å²) >= 11 is 0. The first kappa shape index (κ1) is 22.1. The van der Waals surface area contributed by atoms with E-state index in [4.69, 9.17) is 0 Å². The van der Waals surface area contributed by atoms with Crippen LogP contribution in [-0.2, 0) is 6.42 Å². The number of hydrogen-bond acceptors (Lipinski definition) is 5. The molecule has 148 valence electrons. The molecule has 10 nitrogen and oxygen atoms in total. The third-order valence-electron chi connectivity index (χ3n) is 2.71. The molecule has 0 spiro atoms. The highest BCUT2D eigenvalue weighted by atomic mass is 14.9. The van der Waals surface area contributed by atoms with Crippen LogP contribution in [0.5, 0.6) is 0 Å². The first-order chi connectivity index (χ1) is 13.8. The molecule has 0 fully saturated rings. The van der Waals surface area contributed by atoms with E-state index in [9.17, 15) is 0 Å². The molecule has 0 radical (unpaired) electrons. The van der Waals surface area contributed by atoms with Crippen molar-refractivity contribution in [3.63, 3.8) is 0 Å². The lowest BCUT2D eigenvalue weighted by Gasteiger charge is -1.82. The maximum atomic E-state index is 4.08. The average Bonchev–Trinajstić information content (AvgIpc) is 3.58. The van der Waals surface area contributed by atoms with Gasteiger partial charge in [0.1, 0.15) is 5.82 Å². The number of rotatable bonds is 1. The molecule has 0 aromatic carbocycles. The Hall–Kier alpha value is -3.95. The molecule has 0 bridgehead atoms. The Labute approximate surface area is 163 Å². The summed E-state index contributed by atoms with van der Waals surface area (Å²) < 4.78 is 0. The van der Waals surface area contributed by atoms with Gasteiger partial charge in [-0.15, -0.1) is 0 Å². The summed E-state index contributed by atoms with van der Waals surface area (Å²) in [5.41, 5.74) is 1.14. The number of aryl methyl sites for hydroxylation is 2. The zero-order chi connectivity index (χ0) is 20.1. The fourth-order valence-corrected chi connectivity index (χ4v) is 1.51. The van der Waals surface area contributed by atoms with Crippen LogP contribution < -0.4 is 0 Å². The largest absolute Gasteiger partial charge is 0.351 e. The van der Waals surface area contributed by atoms with Crippen molar-refractivity contribution in [2.45, 2.75) is 20.3 Å². The summed E-state index contributed by atoms with van der Waals surface area (Å²) in [6.07, 6.45) is 23.2. The Morgan fingerprint density at radius 3 is 1.18 bits per heavy atom. The Bertz CT molecular complexity index is 641. The fraction of sp³-hybridized carbons (Fsp3) is 0.167. The van der Waals surface area contributed by atoms with E-state index in [1.807, 2.05) is 13.1 Å². The number of nitrogens with one attached hydrogen (secondary N) is 5. The van der Waals surface area contributed by atoms with Crippen molar-refractivity contribution < 1.29 is 0 Å². The second-order valence-corrected chi connectivity index (χ2v) is 4.91. The molecule has 0 aliphatic rings. The van der Waals surface area contributed by atoms with Crippen molar-refractivity contribution in [1.29, 1.82) is 0 Å². The Kier molecular flexibility index (Phi) is 13.0. The van der Waals surface area contributed by atoms with E-state index < -0.39 is 0 Å². The predicted molar refractivity (Wildman–Crippen MR) is 107 cm³/mol. The number of hydrogen-bond donors (Lipinski definition) is 5. The van der Waals surface area contributed by atoms with Crippen LogP contribution >= 0.6 is 0 Å². The van der Waals surface area contributed by atoms with E-state index in [1.165, 1.54) is 0 Å². The summed E-state index contributed by atoms with van der Waals surface area (Å²) in [7, 11) is 0. The quantitative estimate of drug-likeness (QED) is 0.303. The van der Waals surface area contributed by atoms with Crippen LogP contribution in [0.4, 0.5) is 0 Å². The van der Waals surface area contributed by atoms with E-state index >= 15 is 0 Å². The van der Waals surface area contributed by atoms with Gasteiger partial charge in [0.2, 0.25) is 0 Å². The summed E-state index contributed by atoms with van der Waals surface area (Å²) in [5.74, 6) is 1.07. The van der Waals surface area contributed by atoms with Crippen LogP contribution in [0.15, 0.2) is 81.1 Å². The second-order valence-electron chi connectivity index (χ2n) is 4.91. The molecule has 5 aromatic heterocycles. The molecule has 5 N–H and O–H groups in total. The minimum Gasteiger partial charge on any atom is -0.351 e. The number of H-pyrrole nitrogens is 5. The maximum absolute atomic E-state index is 4.08. The van der Waals surface area contributed by atoms with Crippen molar-refractivity contribution in [3.05, 3.63) is 92.6 Å². The minimum atomic E-state index is 0.994. The molecule has 0 aliphatic carbocycles. The maximum Gasteiger partial charge on any atom is 0.105 e. The van der Waals surface area contributed by atoms with Gasteiger partial charge >= 0.3 is 0 Å². The Morgan fingerprint density at radius 2 is 1.07 bits per heavy atom. The van der Waals surface area contributed by atoms with Gasteiger partial charge in [-0.1, -0.05) is 6.92 Å². The number of aromatic amines is 5. The van der Waals surface area contributed by atoms with Gasteiger partial charge in [0, 0.05) is 67.9 Å². The van der Waals surface area contributed by atoms with Crippen molar-refractivity contribution >= 4 is 0 Å².